The molecule has 4 heterocycles. The minimum atomic E-state index is 0.578. The summed E-state index contributed by atoms with van der Waals surface area (Å²) >= 11 is 0. The maximum Gasteiger partial charge on any atom is 0.204 e. The Hall–Kier alpha value is -5.03. The van der Waals surface area contributed by atoms with Crippen LogP contribution in [-0.4, -0.2) is 73.9 Å². The molecule has 3 aromatic heterocycles. The molecular weight excluding hydrogens is 542 g/mol. The number of nitrogens with one attached hydrogen (secondary N) is 2. The molecule has 3 aromatic carbocycles. The molecule has 0 radical (unpaired) electrons. The van der Waals surface area contributed by atoms with Gasteiger partial charge in [-0.25, -0.2) is 9.97 Å². The fraction of sp³-hybridized carbons (Fsp3) is 0.281. The van der Waals surface area contributed by atoms with Crippen LogP contribution in [0.3, 0.4) is 0 Å². The van der Waals surface area contributed by atoms with Crippen molar-refractivity contribution in [2.75, 3.05) is 39.2 Å². The van der Waals surface area contributed by atoms with E-state index in [4.69, 9.17) is 19.4 Å². The van der Waals surface area contributed by atoms with Gasteiger partial charge < -0.3 is 19.8 Å². The molecule has 11 heteroatoms. The number of aromatic amines is 1. The van der Waals surface area contributed by atoms with Crippen LogP contribution in [0.25, 0.3) is 33.3 Å². The van der Waals surface area contributed by atoms with Crippen molar-refractivity contribution in [3.05, 3.63) is 83.2 Å². The first-order chi connectivity index (χ1) is 21.1. The first-order valence-electron chi connectivity index (χ1n) is 14.4. The zero-order chi connectivity index (χ0) is 29.3. The molecule has 6 aromatic rings. The minimum Gasteiger partial charge on any atom is -0.493 e. The van der Waals surface area contributed by atoms with Crippen LogP contribution in [0.2, 0.25) is 0 Å². The molecule has 11 nitrogen and oxygen atoms in total. The summed E-state index contributed by atoms with van der Waals surface area (Å²) in [6, 6.07) is 20.6. The molecule has 7 rings (SSSR count). The molecule has 0 fully saturated rings. The van der Waals surface area contributed by atoms with Crippen molar-refractivity contribution in [1.29, 1.82) is 0 Å². The number of hydrogen-bond acceptors (Lipinski definition) is 9. The maximum absolute atomic E-state index is 5.55. The van der Waals surface area contributed by atoms with Crippen LogP contribution in [0.15, 0.2) is 60.7 Å². The summed E-state index contributed by atoms with van der Waals surface area (Å²) in [6.45, 7) is 3.43. The number of benzene rings is 3. The number of rotatable bonds is 9. The first kappa shape index (κ1) is 26.8. The average molecular weight is 576 g/mol. The molecule has 2 N–H and O–H groups in total. The van der Waals surface area contributed by atoms with Crippen LogP contribution in [0.1, 0.15) is 22.5 Å². The topological polar surface area (TPSA) is 119 Å². The Morgan fingerprint density at radius 3 is 2.53 bits per heavy atom. The molecule has 1 aliphatic heterocycles. The minimum absolute atomic E-state index is 0.578. The number of hydrogen-bond donors (Lipinski definition) is 2. The first-order valence-corrected chi connectivity index (χ1v) is 14.4. The highest BCUT2D eigenvalue weighted by Crippen LogP contribution is 2.34. The fourth-order valence-corrected chi connectivity index (χ4v) is 5.83. The zero-order valence-corrected chi connectivity index (χ0v) is 24.5. The molecule has 0 unspecified atom stereocenters. The molecule has 0 spiro atoms. The van der Waals surface area contributed by atoms with Crippen molar-refractivity contribution in [3.8, 4) is 22.9 Å². The van der Waals surface area contributed by atoms with E-state index in [1.54, 1.807) is 21.3 Å². The zero-order valence-electron chi connectivity index (χ0n) is 24.5. The Kier molecular flexibility index (Phi) is 7.07. The van der Waals surface area contributed by atoms with Gasteiger partial charge in [0, 0.05) is 49.1 Å². The van der Waals surface area contributed by atoms with Crippen LogP contribution in [0.5, 0.6) is 11.5 Å². The van der Waals surface area contributed by atoms with Crippen molar-refractivity contribution in [2.45, 2.75) is 19.4 Å². The van der Waals surface area contributed by atoms with Crippen molar-refractivity contribution in [2.24, 2.45) is 7.05 Å². The average Bonchev–Trinajstić information content (AvgIpc) is 3.63. The molecule has 0 saturated heterocycles. The highest BCUT2D eigenvalue weighted by Gasteiger charge is 2.20. The monoisotopic (exact) mass is 575 g/mol. The van der Waals surface area contributed by atoms with E-state index in [-0.39, 0.29) is 0 Å². The summed E-state index contributed by atoms with van der Waals surface area (Å²) in [5, 5.41) is 18.2. The van der Waals surface area contributed by atoms with Crippen molar-refractivity contribution in [1.82, 2.24) is 40.1 Å². The van der Waals surface area contributed by atoms with Crippen LogP contribution in [0.4, 0.5) is 5.82 Å². The largest absolute Gasteiger partial charge is 0.493 e. The Balaban J connectivity index is 1.18. The molecule has 218 valence electrons. The number of aromatic nitrogens is 7. The Morgan fingerprint density at radius 2 is 1.77 bits per heavy atom. The predicted octanol–water partition coefficient (Wildman–Crippen LogP) is 4.38. The molecule has 0 atom stereocenters. The summed E-state index contributed by atoms with van der Waals surface area (Å²) in [5.74, 6) is 3.71. The van der Waals surface area contributed by atoms with E-state index in [0.29, 0.717) is 12.2 Å². The number of fused-ring (bicyclic) bond motifs is 4. The van der Waals surface area contributed by atoms with Gasteiger partial charge in [0.1, 0.15) is 17.3 Å². The van der Waals surface area contributed by atoms with Gasteiger partial charge in [-0.05, 0) is 58.7 Å². The van der Waals surface area contributed by atoms with Crippen LogP contribution >= 0.6 is 0 Å². The van der Waals surface area contributed by atoms with E-state index in [1.807, 2.05) is 30.3 Å². The number of anilines is 1. The van der Waals surface area contributed by atoms with Gasteiger partial charge in [0.05, 0.1) is 26.7 Å². The van der Waals surface area contributed by atoms with Gasteiger partial charge in [0.15, 0.2) is 11.5 Å². The lowest BCUT2D eigenvalue weighted by atomic mass is 9.99. The van der Waals surface area contributed by atoms with Crippen molar-refractivity contribution < 1.29 is 9.47 Å². The van der Waals surface area contributed by atoms with Gasteiger partial charge in [0.2, 0.25) is 5.82 Å². The molecule has 0 aliphatic carbocycles. The second-order valence-electron chi connectivity index (χ2n) is 10.8. The molecule has 0 amide bonds. The standard InChI is InChI=1S/C32H33N9O2/c1-40-38-30(37-39-40)22-9-10-25-24(16-22)29-31(35-28(36-32(29)34-25)15-20-7-5-4-6-8-20)33-12-14-41-13-11-21-17-26(42-2)27(43-3)18-23(21)19-41/h4-10,16-18H,11-15,19H2,1-3H3,(H2,33,34,35,36). The highest BCUT2D eigenvalue weighted by atomic mass is 16.5. The second-order valence-corrected chi connectivity index (χ2v) is 10.8. The fourth-order valence-electron chi connectivity index (χ4n) is 5.83. The Bertz CT molecular complexity index is 1920. The third kappa shape index (κ3) is 5.35. The smallest absolute Gasteiger partial charge is 0.204 e. The van der Waals surface area contributed by atoms with Crippen LogP contribution < -0.4 is 14.8 Å². The number of nitrogens with zero attached hydrogens (tertiary/aromatic N) is 7. The van der Waals surface area contributed by atoms with Crippen LogP contribution in [0, 0.1) is 0 Å². The van der Waals surface area contributed by atoms with Gasteiger partial charge in [0.25, 0.3) is 0 Å². The number of methoxy groups -OCH3 is 2. The van der Waals surface area contributed by atoms with Gasteiger partial charge >= 0.3 is 0 Å². The van der Waals surface area contributed by atoms with Gasteiger partial charge in [-0.3, -0.25) is 4.90 Å². The SMILES string of the molecule is COc1cc2c(cc1OC)CN(CCNc1nc(Cc3ccccc3)nc3[nH]c4ccc(-c5nnn(C)n5)cc4c13)CC2. The highest BCUT2D eigenvalue weighted by molar-refractivity contribution is 6.12. The number of aryl methyl sites for hydroxylation is 1. The lowest BCUT2D eigenvalue weighted by molar-refractivity contribution is 0.262. The quantitative estimate of drug-likeness (QED) is 0.259. The van der Waals surface area contributed by atoms with Crippen LogP contribution in [-0.2, 0) is 26.4 Å². The summed E-state index contributed by atoms with van der Waals surface area (Å²) < 4.78 is 11.1. The molecule has 0 bridgehead atoms. The third-order valence-electron chi connectivity index (χ3n) is 7.99. The normalized spacial score (nSPS) is 13.4. The lowest BCUT2D eigenvalue weighted by Crippen LogP contribution is -2.34. The van der Waals surface area contributed by atoms with Crippen molar-refractivity contribution >= 4 is 27.8 Å². The molecule has 1 aliphatic rings. The van der Waals surface area contributed by atoms with Crippen molar-refractivity contribution in [3.63, 3.8) is 0 Å². The van der Waals surface area contributed by atoms with E-state index in [9.17, 15) is 0 Å². The van der Waals surface area contributed by atoms with Gasteiger partial charge in [-0.15, -0.1) is 10.2 Å². The number of H-pyrrole nitrogens is 1. The Morgan fingerprint density at radius 1 is 0.953 bits per heavy atom. The number of ether oxygens (including phenoxy) is 2. The van der Waals surface area contributed by atoms with E-state index < -0.39 is 0 Å². The second kappa shape index (κ2) is 11.3. The van der Waals surface area contributed by atoms with Gasteiger partial charge in [-0.2, -0.15) is 4.80 Å². The summed E-state index contributed by atoms with van der Waals surface area (Å²) in [7, 11) is 5.13. The van der Waals surface area contributed by atoms with Gasteiger partial charge in [-0.1, -0.05) is 30.3 Å². The van der Waals surface area contributed by atoms with E-state index in [0.717, 1.165) is 83.2 Å². The number of tetrazole rings is 1. The summed E-state index contributed by atoms with van der Waals surface area (Å²) in [5.41, 5.74) is 6.43. The summed E-state index contributed by atoms with van der Waals surface area (Å²) in [6.07, 6.45) is 1.61. The van der Waals surface area contributed by atoms with E-state index in [2.05, 4.69) is 60.9 Å². The molecule has 43 heavy (non-hydrogen) atoms. The maximum atomic E-state index is 5.55. The van der Waals surface area contributed by atoms with E-state index >= 15 is 0 Å². The van der Waals surface area contributed by atoms with E-state index in [1.165, 1.54) is 21.5 Å². The summed E-state index contributed by atoms with van der Waals surface area (Å²) in [4.78, 5) is 17.4. The third-order valence-corrected chi connectivity index (χ3v) is 7.99. The predicted molar refractivity (Wildman–Crippen MR) is 165 cm³/mol. The molecular formula is C32H33N9O2. The molecule has 0 saturated carbocycles. The lowest BCUT2D eigenvalue weighted by Gasteiger charge is -2.29. The Labute approximate surface area is 248 Å².